The first-order valence-electron chi connectivity index (χ1n) is 8.02. The van der Waals surface area contributed by atoms with Crippen molar-refractivity contribution in [2.24, 2.45) is 0 Å². The normalized spacial score (nSPS) is 14.0. The third-order valence-corrected chi connectivity index (χ3v) is 6.70. The van der Waals surface area contributed by atoms with E-state index >= 15 is 0 Å². The fraction of sp³-hybridized carbons (Fsp3) is 0.389. The molecule has 0 amide bonds. The zero-order chi connectivity index (χ0) is 18.7. The van der Waals surface area contributed by atoms with Crippen LogP contribution in [-0.4, -0.2) is 31.4 Å². The number of carbonyl (C=O) groups is 2. The van der Waals surface area contributed by atoms with Gasteiger partial charge in [-0.25, -0.2) is 0 Å². The second-order valence-corrected chi connectivity index (χ2v) is 9.30. The minimum atomic E-state index is -0.990. The molecule has 1 radical (unpaired) electrons. The number of carboxylic acid groups (broad SMARTS) is 1. The number of hydrogen-bond donors (Lipinski definition) is 2. The number of carboxylic acids is 1. The number of nitrogen functional groups attached to an aromatic ring is 1. The van der Waals surface area contributed by atoms with E-state index in [0.29, 0.717) is 28.5 Å². The van der Waals surface area contributed by atoms with Gasteiger partial charge in [0.1, 0.15) is 0 Å². The van der Waals surface area contributed by atoms with Crippen molar-refractivity contribution in [1.29, 1.82) is 0 Å². The van der Waals surface area contributed by atoms with Crippen molar-refractivity contribution in [3.63, 3.8) is 0 Å². The number of nitrogens with two attached hydrogens (primary N) is 1. The first kappa shape index (κ1) is 19.3. The monoisotopic (exact) mass is 406 g/mol. The standard InChI is InChI=1S/C18H21AsNO5/c1-4-5-13(19-10(3)21)17(18(23)24)12-7-11-9(2)6-16(22)25-15(11)8-14(12)20/h6-8,13,17H,4-5,20H2,1-3H3,(H,23,24). The molecule has 25 heavy (non-hydrogen) atoms. The van der Waals surface area contributed by atoms with Crippen LogP contribution in [-0.2, 0) is 9.59 Å². The summed E-state index contributed by atoms with van der Waals surface area (Å²) in [7, 11) is 0. The molecule has 1 aromatic heterocycles. The Labute approximate surface area is 152 Å². The van der Waals surface area contributed by atoms with Crippen LogP contribution < -0.4 is 11.4 Å². The minimum absolute atomic E-state index is 0.0440. The van der Waals surface area contributed by atoms with Crippen LogP contribution in [0.3, 0.4) is 0 Å². The van der Waals surface area contributed by atoms with E-state index in [-0.39, 0.29) is 15.0 Å². The summed E-state index contributed by atoms with van der Waals surface area (Å²) < 4.78 is 4.96. The molecular weight excluding hydrogens is 385 g/mol. The van der Waals surface area contributed by atoms with E-state index in [0.717, 1.165) is 6.42 Å². The van der Waals surface area contributed by atoms with Gasteiger partial charge in [0.05, 0.1) is 0 Å². The summed E-state index contributed by atoms with van der Waals surface area (Å²) in [6, 6.07) is 4.55. The molecule has 0 aliphatic heterocycles. The number of aryl methyl sites for hydroxylation is 1. The van der Waals surface area contributed by atoms with Gasteiger partial charge in [-0.3, -0.25) is 0 Å². The average Bonchev–Trinajstić information content (AvgIpc) is 2.47. The SMILES string of the molecule is CCCC([As]C(C)=O)C(C(=O)O)c1cc2c(C)cc(=O)oc2cc1N. The summed E-state index contributed by atoms with van der Waals surface area (Å²) in [4.78, 5) is 35.2. The summed E-state index contributed by atoms with van der Waals surface area (Å²) in [5, 5.41) is 10.5. The molecule has 1 heterocycles. The fourth-order valence-electron chi connectivity index (χ4n) is 3.01. The number of anilines is 1. The Bertz CT molecular complexity index is 874. The maximum absolute atomic E-state index is 12.0. The third-order valence-electron chi connectivity index (χ3n) is 4.07. The molecule has 3 N–H and O–H groups in total. The molecule has 6 nitrogen and oxygen atoms in total. The number of fused-ring (bicyclic) bond motifs is 1. The summed E-state index contributed by atoms with van der Waals surface area (Å²) in [5.41, 5.74) is 7.39. The van der Waals surface area contributed by atoms with Gasteiger partial charge in [0.2, 0.25) is 0 Å². The Kier molecular flexibility index (Phi) is 6.06. The van der Waals surface area contributed by atoms with E-state index in [1.165, 1.54) is 19.1 Å². The van der Waals surface area contributed by atoms with Crippen molar-refractivity contribution < 1.29 is 19.1 Å². The summed E-state index contributed by atoms with van der Waals surface area (Å²) in [6.07, 6.45) is 1.44. The van der Waals surface area contributed by atoms with Crippen molar-refractivity contribution in [1.82, 2.24) is 0 Å². The molecule has 2 atom stereocenters. The first-order chi connectivity index (χ1) is 11.7. The third kappa shape index (κ3) is 4.31. The Morgan fingerprint density at radius 1 is 1.32 bits per heavy atom. The molecule has 2 aromatic rings. The molecule has 133 valence electrons. The number of aliphatic carboxylic acids is 1. The van der Waals surface area contributed by atoms with Crippen LogP contribution >= 0.6 is 0 Å². The molecule has 7 heteroatoms. The zero-order valence-electron chi connectivity index (χ0n) is 14.4. The number of hydrogen-bond acceptors (Lipinski definition) is 5. The number of rotatable bonds is 7. The van der Waals surface area contributed by atoms with Gasteiger partial charge in [-0.2, -0.15) is 0 Å². The molecule has 2 unspecified atom stereocenters. The molecule has 0 spiro atoms. The molecule has 1 aromatic carbocycles. The molecule has 2 rings (SSSR count). The van der Waals surface area contributed by atoms with Gasteiger partial charge in [-0.15, -0.1) is 0 Å². The number of carbonyl (C=O) groups excluding carboxylic acids is 1. The van der Waals surface area contributed by atoms with E-state index < -0.39 is 33.3 Å². The molecule has 0 saturated carbocycles. The van der Waals surface area contributed by atoms with Crippen molar-refractivity contribution in [2.75, 3.05) is 5.73 Å². The summed E-state index contributed by atoms with van der Waals surface area (Å²) in [6.45, 7) is 5.24. The van der Waals surface area contributed by atoms with Crippen molar-refractivity contribution >= 4 is 42.9 Å². The second kappa shape index (κ2) is 7.87. The van der Waals surface area contributed by atoms with Gasteiger partial charge in [0.15, 0.2) is 0 Å². The van der Waals surface area contributed by atoms with Gasteiger partial charge in [-0.05, 0) is 0 Å². The Hall–Kier alpha value is -2.07. The first-order valence-corrected chi connectivity index (χ1v) is 10.0. The van der Waals surface area contributed by atoms with Crippen molar-refractivity contribution in [3.05, 3.63) is 39.7 Å². The molecular formula is C18H21AsNO5. The topological polar surface area (TPSA) is 111 Å². The molecule has 0 aliphatic carbocycles. The molecule has 0 saturated heterocycles. The van der Waals surface area contributed by atoms with E-state index in [1.54, 1.807) is 13.0 Å². The Balaban J connectivity index is 2.64. The van der Waals surface area contributed by atoms with Crippen molar-refractivity contribution in [3.8, 4) is 0 Å². The van der Waals surface area contributed by atoms with Crippen molar-refractivity contribution in [2.45, 2.75) is 44.2 Å². The van der Waals surface area contributed by atoms with E-state index in [9.17, 15) is 19.5 Å². The Morgan fingerprint density at radius 3 is 2.56 bits per heavy atom. The molecule has 0 bridgehead atoms. The van der Waals surface area contributed by atoms with Crippen LogP contribution in [0.2, 0.25) is 4.71 Å². The zero-order valence-corrected chi connectivity index (χ0v) is 16.3. The average molecular weight is 406 g/mol. The predicted molar refractivity (Wildman–Crippen MR) is 97.1 cm³/mol. The van der Waals surface area contributed by atoms with Crippen LogP contribution in [0.4, 0.5) is 5.69 Å². The van der Waals surface area contributed by atoms with E-state index in [2.05, 4.69) is 0 Å². The van der Waals surface area contributed by atoms with Crippen LogP contribution in [0.25, 0.3) is 11.0 Å². The fourth-order valence-corrected chi connectivity index (χ4v) is 5.72. The Morgan fingerprint density at radius 2 is 2.00 bits per heavy atom. The second-order valence-electron chi connectivity index (χ2n) is 6.05. The molecule has 0 aliphatic rings. The molecule has 0 fully saturated rings. The summed E-state index contributed by atoms with van der Waals surface area (Å²) >= 11 is -0.761. The summed E-state index contributed by atoms with van der Waals surface area (Å²) in [5.74, 6) is -1.84. The number of benzene rings is 1. The van der Waals surface area contributed by atoms with Gasteiger partial charge < -0.3 is 0 Å². The van der Waals surface area contributed by atoms with Gasteiger partial charge in [-0.1, -0.05) is 0 Å². The quantitative estimate of drug-likeness (QED) is 0.416. The van der Waals surface area contributed by atoms with E-state index in [4.69, 9.17) is 10.2 Å². The van der Waals surface area contributed by atoms with Crippen LogP contribution in [0.5, 0.6) is 0 Å². The van der Waals surface area contributed by atoms with Crippen LogP contribution in [0.15, 0.2) is 27.4 Å². The van der Waals surface area contributed by atoms with Crippen LogP contribution in [0, 0.1) is 6.92 Å². The maximum atomic E-state index is 12.0. The van der Waals surface area contributed by atoms with Gasteiger partial charge in [0, 0.05) is 0 Å². The van der Waals surface area contributed by atoms with Gasteiger partial charge >= 0.3 is 152 Å². The predicted octanol–water partition coefficient (Wildman–Crippen LogP) is 2.69. The van der Waals surface area contributed by atoms with Gasteiger partial charge in [0.25, 0.3) is 0 Å². The van der Waals surface area contributed by atoms with E-state index in [1.807, 2.05) is 6.92 Å². The van der Waals surface area contributed by atoms with Crippen LogP contribution in [0.1, 0.15) is 43.7 Å².